The number of fused-ring (bicyclic) bond motifs is 1. The quantitative estimate of drug-likeness (QED) is 0.864. The molecule has 0 aliphatic carbocycles. The molecular weight excluding hydrogens is 328 g/mol. The fourth-order valence-corrected chi connectivity index (χ4v) is 3.37. The molecule has 2 amide bonds. The van der Waals surface area contributed by atoms with E-state index in [1.165, 1.54) is 6.42 Å². The molecule has 3 rings (SSSR count). The molecule has 6 nitrogen and oxygen atoms in total. The Morgan fingerprint density at radius 2 is 1.88 bits per heavy atom. The minimum absolute atomic E-state index is 0.0329. The molecular formula is C20H28N4O2. The summed E-state index contributed by atoms with van der Waals surface area (Å²) in [6.07, 6.45) is 3.99. The average molecular weight is 356 g/mol. The first-order chi connectivity index (χ1) is 12.6. The highest BCUT2D eigenvalue weighted by Gasteiger charge is 2.20. The molecule has 0 radical (unpaired) electrons. The standard InChI is InChI=1S/C20H28N4O2/c1-15(2)20(26)21-11-10-18-22-16-8-4-5-9-17(16)24(18)14-19(25)23-12-6-3-7-13-23/h4-5,8-9,15H,3,6-7,10-14H2,1-2H3,(H,21,26). The molecule has 1 saturated heterocycles. The molecule has 1 fully saturated rings. The van der Waals surface area contributed by atoms with Crippen molar-refractivity contribution >= 4 is 22.8 Å². The highest BCUT2D eigenvalue weighted by atomic mass is 16.2. The predicted octanol–water partition coefficient (Wildman–Crippen LogP) is 2.36. The first-order valence-corrected chi connectivity index (χ1v) is 9.56. The topological polar surface area (TPSA) is 67.2 Å². The molecule has 6 heteroatoms. The Balaban J connectivity index is 1.75. The number of imidazole rings is 1. The Morgan fingerprint density at radius 1 is 1.15 bits per heavy atom. The molecule has 2 aromatic rings. The lowest BCUT2D eigenvalue weighted by atomic mass is 10.1. The van der Waals surface area contributed by atoms with Crippen LogP contribution in [0.15, 0.2) is 24.3 Å². The zero-order valence-electron chi connectivity index (χ0n) is 15.7. The van der Waals surface area contributed by atoms with E-state index < -0.39 is 0 Å². The van der Waals surface area contributed by atoms with E-state index in [9.17, 15) is 9.59 Å². The van der Waals surface area contributed by atoms with Gasteiger partial charge in [-0.3, -0.25) is 9.59 Å². The van der Waals surface area contributed by atoms with E-state index in [1.807, 2.05) is 47.6 Å². The van der Waals surface area contributed by atoms with Crippen molar-refractivity contribution in [2.45, 2.75) is 46.1 Å². The van der Waals surface area contributed by atoms with Crippen LogP contribution in [0.4, 0.5) is 0 Å². The molecule has 26 heavy (non-hydrogen) atoms. The summed E-state index contributed by atoms with van der Waals surface area (Å²) in [5, 5.41) is 2.93. The normalized spacial score (nSPS) is 14.8. The van der Waals surface area contributed by atoms with Gasteiger partial charge in [0.2, 0.25) is 11.8 Å². The van der Waals surface area contributed by atoms with E-state index >= 15 is 0 Å². The van der Waals surface area contributed by atoms with Crippen molar-refractivity contribution in [2.24, 2.45) is 5.92 Å². The van der Waals surface area contributed by atoms with E-state index in [1.54, 1.807) is 0 Å². The fourth-order valence-electron chi connectivity index (χ4n) is 3.37. The second kappa shape index (κ2) is 8.34. The van der Waals surface area contributed by atoms with Crippen LogP contribution in [-0.4, -0.2) is 45.9 Å². The SMILES string of the molecule is CC(C)C(=O)NCCc1nc2ccccc2n1CC(=O)N1CCCCC1. The Morgan fingerprint density at radius 3 is 2.62 bits per heavy atom. The summed E-state index contributed by atoms with van der Waals surface area (Å²) in [6.45, 7) is 6.30. The number of benzene rings is 1. The van der Waals surface area contributed by atoms with Crippen LogP contribution >= 0.6 is 0 Å². The number of piperidine rings is 1. The van der Waals surface area contributed by atoms with E-state index in [2.05, 4.69) is 5.32 Å². The van der Waals surface area contributed by atoms with Gasteiger partial charge in [0.25, 0.3) is 0 Å². The largest absolute Gasteiger partial charge is 0.355 e. The highest BCUT2D eigenvalue weighted by molar-refractivity contribution is 5.81. The number of carbonyl (C=O) groups is 2. The minimum atomic E-state index is -0.0329. The van der Waals surface area contributed by atoms with Crippen LogP contribution in [0.3, 0.4) is 0 Å². The lowest BCUT2D eigenvalue weighted by molar-refractivity contribution is -0.132. The van der Waals surface area contributed by atoms with Gasteiger partial charge in [0, 0.05) is 32.0 Å². The lowest BCUT2D eigenvalue weighted by Gasteiger charge is -2.27. The summed E-state index contributed by atoms with van der Waals surface area (Å²) in [5.41, 5.74) is 1.87. The van der Waals surface area contributed by atoms with Crippen molar-refractivity contribution in [2.75, 3.05) is 19.6 Å². The van der Waals surface area contributed by atoms with Crippen LogP contribution in [0.1, 0.15) is 38.9 Å². The van der Waals surface area contributed by atoms with Gasteiger partial charge < -0.3 is 14.8 Å². The van der Waals surface area contributed by atoms with E-state index in [-0.39, 0.29) is 17.7 Å². The number of hydrogen-bond acceptors (Lipinski definition) is 3. The van der Waals surface area contributed by atoms with Gasteiger partial charge in [-0.2, -0.15) is 0 Å². The maximum atomic E-state index is 12.7. The molecule has 1 aromatic carbocycles. The molecule has 1 aliphatic heterocycles. The number of amides is 2. The lowest BCUT2D eigenvalue weighted by Crippen LogP contribution is -2.38. The molecule has 1 N–H and O–H groups in total. The van der Waals surface area contributed by atoms with Crippen molar-refractivity contribution in [1.29, 1.82) is 0 Å². The van der Waals surface area contributed by atoms with Crippen molar-refractivity contribution in [1.82, 2.24) is 19.8 Å². The fraction of sp³-hybridized carbons (Fsp3) is 0.550. The monoisotopic (exact) mass is 356 g/mol. The van der Waals surface area contributed by atoms with Gasteiger partial charge in [-0.15, -0.1) is 0 Å². The third kappa shape index (κ3) is 4.23. The molecule has 2 heterocycles. The summed E-state index contributed by atoms with van der Waals surface area (Å²) in [5.74, 6) is 1.01. The zero-order valence-corrected chi connectivity index (χ0v) is 15.7. The number of rotatable bonds is 6. The van der Waals surface area contributed by atoms with Gasteiger partial charge in [-0.05, 0) is 31.4 Å². The van der Waals surface area contributed by atoms with Crippen molar-refractivity contribution in [3.05, 3.63) is 30.1 Å². The van der Waals surface area contributed by atoms with Gasteiger partial charge in [-0.1, -0.05) is 26.0 Å². The van der Waals surface area contributed by atoms with E-state index in [0.717, 1.165) is 42.8 Å². The molecule has 1 aromatic heterocycles. The second-order valence-electron chi connectivity index (χ2n) is 7.24. The third-order valence-corrected chi connectivity index (χ3v) is 4.91. The van der Waals surface area contributed by atoms with Crippen molar-refractivity contribution in [3.8, 4) is 0 Å². The number of likely N-dealkylation sites (tertiary alicyclic amines) is 1. The number of para-hydroxylation sites is 2. The van der Waals surface area contributed by atoms with Gasteiger partial charge in [0.1, 0.15) is 12.4 Å². The van der Waals surface area contributed by atoms with Gasteiger partial charge >= 0.3 is 0 Å². The number of nitrogens with zero attached hydrogens (tertiary/aromatic N) is 3. The minimum Gasteiger partial charge on any atom is -0.355 e. The first-order valence-electron chi connectivity index (χ1n) is 9.56. The molecule has 0 unspecified atom stereocenters. The molecule has 0 bridgehead atoms. The zero-order chi connectivity index (χ0) is 18.5. The summed E-state index contributed by atoms with van der Waals surface area (Å²) >= 11 is 0. The molecule has 1 aliphatic rings. The van der Waals surface area contributed by atoms with Crippen LogP contribution < -0.4 is 5.32 Å². The summed E-state index contributed by atoms with van der Waals surface area (Å²) in [7, 11) is 0. The maximum absolute atomic E-state index is 12.7. The predicted molar refractivity (Wildman–Crippen MR) is 102 cm³/mol. The summed E-state index contributed by atoms with van der Waals surface area (Å²) in [6, 6.07) is 7.89. The van der Waals surface area contributed by atoms with Crippen molar-refractivity contribution in [3.63, 3.8) is 0 Å². The van der Waals surface area contributed by atoms with Crippen LogP contribution in [0.5, 0.6) is 0 Å². The maximum Gasteiger partial charge on any atom is 0.242 e. The van der Waals surface area contributed by atoms with Gasteiger partial charge in [0.15, 0.2) is 0 Å². The third-order valence-electron chi connectivity index (χ3n) is 4.91. The Hall–Kier alpha value is -2.37. The smallest absolute Gasteiger partial charge is 0.242 e. The Kier molecular flexibility index (Phi) is 5.91. The number of hydrogen-bond donors (Lipinski definition) is 1. The molecule has 140 valence electrons. The van der Waals surface area contributed by atoms with Crippen LogP contribution in [0, 0.1) is 5.92 Å². The van der Waals surface area contributed by atoms with Crippen LogP contribution in [-0.2, 0) is 22.6 Å². The highest BCUT2D eigenvalue weighted by Crippen LogP contribution is 2.18. The summed E-state index contributed by atoms with van der Waals surface area (Å²) in [4.78, 5) is 31.2. The number of nitrogens with one attached hydrogen (secondary N) is 1. The van der Waals surface area contributed by atoms with Crippen LogP contribution in [0.25, 0.3) is 11.0 Å². The molecule has 0 spiro atoms. The van der Waals surface area contributed by atoms with Crippen LogP contribution in [0.2, 0.25) is 0 Å². The first kappa shape index (κ1) is 18.4. The number of carbonyl (C=O) groups excluding carboxylic acids is 2. The molecule has 0 atom stereocenters. The number of aromatic nitrogens is 2. The van der Waals surface area contributed by atoms with E-state index in [4.69, 9.17) is 4.98 Å². The second-order valence-corrected chi connectivity index (χ2v) is 7.24. The Bertz CT molecular complexity index is 775. The van der Waals surface area contributed by atoms with Gasteiger partial charge in [-0.25, -0.2) is 4.98 Å². The molecule has 0 saturated carbocycles. The van der Waals surface area contributed by atoms with Crippen molar-refractivity contribution < 1.29 is 9.59 Å². The summed E-state index contributed by atoms with van der Waals surface area (Å²) < 4.78 is 2.01. The average Bonchev–Trinajstić information content (AvgIpc) is 3.00. The van der Waals surface area contributed by atoms with E-state index in [0.29, 0.717) is 19.5 Å². The Labute approximate surface area is 154 Å². The van der Waals surface area contributed by atoms with Gasteiger partial charge in [0.05, 0.1) is 11.0 Å².